The molecule has 0 radical (unpaired) electrons. The lowest BCUT2D eigenvalue weighted by Crippen LogP contribution is -1.83. The molecule has 1 aromatic carbocycles. The van der Waals surface area contributed by atoms with Crippen molar-refractivity contribution in [1.29, 1.82) is 5.26 Å². The molecule has 0 aromatic heterocycles. The second-order valence-electron chi connectivity index (χ2n) is 2.02. The Morgan fingerprint density at radius 2 is 2.18 bits per heavy atom. The van der Waals surface area contributed by atoms with E-state index < -0.39 is 0 Å². The molecular formula is C8H5Cl2N. The van der Waals surface area contributed by atoms with Gasteiger partial charge < -0.3 is 0 Å². The number of benzene rings is 1. The van der Waals surface area contributed by atoms with Crippen molar-refractivity contribution in [3.05, 3.63) is 34.3 Å². The van der Waals surface area contributed by atoms with E-state index in [1.165, 1.54) is 0 Å². The van der Waals surface area contributed by atoms with Crippen LogP contribution in [0.5, 0.6) is 0 Å². The molecule has 0 saturated carbocycles. The van der Waals surface area contributed by atoms with E-state index in [-0.39, 0.29) is 0 Å². The van der Waals surface area contributed by atoms with E-state index in [4.69, 9.17) is 28.5 Å². The van der Waals surface area contributed by atoms with Crippen LogP contribution in [0.2, 0.25) is 5.02 Å². The maximum Gasteiger partial charge on any atom is 0.101 e. The second-order valence-corrected chi connectivity index (χ2v) is 2.67. The maximum absolute atomic E-state index is 8.56. The summed E-state index contributed by atoms with van der Waals surface area (Å²) in [5.74, 6) is 0.342. The SMILES string of the molecule is N#Cc1cccc(CCl)c1Cl. The van der Waals surface area contributed by atoms with Crippen molar-refractivity contribution < 1.29 is 0 Å². The van der Waals surface area contributed by atoms with Gasteiger partial charge in [-0.05, 0) is 11.6 Å². The predicted octanol–water partition coefficient (Wildman–Crippen LogP) is 2.95. The van der Waals surface area contributed by atoms with Crippen LogP contribution < -0.4 is 0 Å². The lowest BCUT2D eigenvalue weighted by atomic mass is 10.1. The minimum atomic E-state index is 0.342. The van der Waals surface area contributed by atoms with Crippen LogP contribution in [0.3, 0.4) is 0 Å². The zero-order chi connectivity index (χ0) is 8.27. The van der Waals surface area contributed by atoms with Gasteiger partial charge in [0.1, 0.15) is 6.07 Å². The molecule has 0 amide bonds. The first-order chi connectivity index (χ1) is 5.29. The standard InChI is InChI=1S/C8H5Cl2N/c9-4-6-2-1-3-7(5-11)8(6)10/h1-3H,4H2. The third-order valence-corrected chi connectivity index (χ3v) is 2.08. The maximum atomic E-state index is 8.56. The highest BCUT2D eigenvalue weighted by atomic mass is 35.5. The molecular weight excluding hydrogens is 181 g/mol. The van der Waals surface area contributed by atoms with Crippen molar-refractivity contribution in [2.24, 2.45) is 0 Å². The molecule has 0 aliphatic heterocycles. The largest absolute Gasteiger partial charge is 0.192 e. The highest BCUT2D eigenvalue weighted by Gasteiger charge is 2.02. The van der Waals surface area contributed by atoms with Gasteiger partial charge in [0.2, 0.25) is 0 Å². The first kappa shape index (κ1) is 8.39. The molecule has 1 rings (SSSR count). The average Bonchev–Trinajstić information content (AvgIpc) is 2.05. The lowest BCUT2D eigenvalue weighted by molar-refractivity contribution is 1.37. The lowest BCUT2D eigenvalue weighted by Gasteiger charge is -1.99. The van der Waals surface area contributed by atoms with E-state index in [2.05, 4.69) is 0 Å². The van der Waals surface area contributed by atoms with Crippen LogP contribution >= 0.6 is 23.2 Å². The van der Waals surface area contributed by atoms with Crippen molar-refractivity contribution in [3.63, 3.8) is 0 Å². The summed E-state index contributed by atoms with van der Waals surface area (Å²) >= 11 is 11.4. The van der Waals surface area contributed by atoms with Crippen molar-refractivity contribution in [3.8, 4) is 6.07 Å². The van der Waals surface area contributed by atoms with Gasteiger partial charge in [-0.2, -0.15) is 5.26 Å². The Balaban J connectivity index is 3.23. The summed E-state index contributed by atoms with van der Waals surface area (Å²) in [6, 6.07) is 7.21. The fourth-order valence-electron chi connectivity index (χ4n) is 0.769. The molecule has 0 atom stereocenters. The van der Waals surface area contributed by atoms with Gasteiger partial charge in [-0.15, -0.1) is 11.6 Å². The van der Waals surface area contributed by atoms with Crippen LogP contribution in [-0.2, 0) is 5.88 Å². The molecule has 0 aliphatic rings. The molecule has 0 bridgehead atoms. The van der Waals surface area contributed by atoms with Crippen molar-refractivity contribution >= 4 is 23.2 Å². The van der Waals surface area contributed by atoms with Crippen LogP contribution in [0.4, 0.5) is 0 Å². The monoisotopic (exact) mass is 185 g/mol. The predicted molar refractivity (Wildman–Crippen MR) is 45.7 cm³/mol. The number of nitrogens with zero attached hydrogens (tertiary/aromatic N) is 1. The fourth-order valence-corrected chi connectivity index (χ4v) is 1.30. The number of alkyl halides is 1. The minimum absolute atomic E-state index is 0.342. The van der Waals surface area contributed by atoms with Crippen LogP contribution in [0.25, 0.3) is 0 Å². The Kier molecular flexibility index (Phi) is 2.76. The number of rotatable bonds is 1. The zero-order valence-corrected chi connectivity index (χ0v) is 7.15. The summed E-state index contributed by atoms with van der Waals surface area (Å²) in [5.41, 5.74) is 1.28. The molecule has 0 saturated heterocycles. The Hall–Kier alpha value is -0.710. The Morgan fingerprint density at radius 1 is 1.45 bits per heavy atom. The third kappa shape index (κ3) is 1.65. The molecule has 56 valence electrons. The summed E-state index contributed by atoms with van der Waals surface area (Å²) in [6.07, 6.45) is 0. The van der Waals surface area contributed by atoms with E-state index in [0.29, 0.717) is 16.5 Å². The fraction of sp³-hybridized carbons (Fsp3) is 0.125. The van der Waals surface area contributed by atoms with E-state index in [0.717, 1.165) is 5.56 Å². The van der Waals surface area contributed by atoms with Gasteiger partial charge in [0.25, 0.3) is 0 Å². The van der Waals surface area contributed by atoms with Crippen LogP contribution in [-0.4, -0.2) is 0 Å². The average molecular weight is 186 g/mol. The summed E-state index contributed by atoms with van der Waals surface area (Å²) in [4.78, 5) is 0. The summed E-state index contributed by atoms with van der Waals surface area (Å²) in [6.45, 7) is 0. The number of hydrogen-bond donors (Lipinski definition) is 0. The smallest absolute Gasteiger partial charge is 0.101 e. The molecule has 0 aliphatic carbocycles. The molecule has 1 nitrogen and oxygen atoms in total. The molecule has 11 heavy (non-hydrogen) atoms. The molecule has 0 N–H and O–H groups in total. The normalized spacial score (nSPS) is 9.18. The van der Waals surface area contributed by atoms with Crippen LogP contribution in [0.15, 0.2) is 18.2 Å². The summed E-state index contributed by atoms with van der Waals surface area (Å²) in [5, 5.41) is 9.02. The van der Waals surface area contributed by atoms with Gasteiger partial charge in [-0.3, -0.25) is 0 Å². The topological polar surface area (TPSA) is 23.8 Å². The van der Waals surface area contributed by atoms with Crippen molar-refractivity contribution in [2.45, 2.75) is 5.88 Å². The molecule has 3 heteroatoms. The van der Waals surface area contributed by atoms with Crippen LogP contribution in [0, 0.1) is 11.3 Å². The highest BCUT2D eigenvalue weighted by Crippen LogP contribution is 2.21. The van der Waals surface area contributed by atoms with E-state index in [1.807, 2.05) is 6.07 Å². The van der Waals surface area contributed by atoms with E-state index in [9.17, 15) is 0 Å². The first-order valence-corrected chi connectivity index (χ1v) is 3.94. The molecule has 0 unspecified atom stereocenters. The van der Waals surface area contributed by atoms with Crippen molar-refractivity contribution in [1.82, 2.24) is 0 Å². The molecule has 0 spiro atoms. The van der Waals surface area contributed by atoms with Gasteiger partial charge in [0.15, 0.2) is 0 Å². The highest BCUT2D eigenvalue weighted by molar-refractivity contribution is 6.33. The number of nitriles is 1. The second kappa shape index (κ2) is 3.61. The first-order valence-electron chi connectivity index (χ1n) is 3.03. The van der Waals surface area contributed by atoms with Crippen LogP contribution in [0.1, 0.15) is 11.1 Å². The van der Waals surface area contributed by atoms with Gasteiger partial charge in [-0.25, -0.2) is 0 Å². The third-order valence-electron chi connectivity index (χ3n) is 1.34. The van der Waals surface area contributed by atoms with Gasteiger partial charge in [-0.1, -0.05) is 23.7 Å². The molecule has 1 aromatic rings. The van der Waals surface area contributed by atoms with Gasteiger partial charge in [0, 0.05) is 5.88 Å². The molecule has 0 fully saturated rings. The van der Waals surface area contributed by atoms with Gasteiger partial charge >= 0.3 is 0 Å². The Labute approximate surface area is 75.2 Å². The summed E-state index contributed by atoms with van der Waals surface area (Å²) < 4.78 is 0. The quantitative estimate of drug-likeness (QED) is 0.618. The van der Waals surface area contributed by atoms with E-state index in [1.54, 1.807) is 18.2 Å². The van der Waals surface area contributed by atoms with Crippen molar-refractivity contribution in [2.75, 3.05) is 0 Å². The van der Waals surface area contributed by atoms with E-state index >= 15 is 0 Å². The van der Waals surface area contributed by atoms with Gasteiger partial charge in [0.05, 0.1) is 10.6 Å². The molecule has 0 heterocycles. The number of hydrogen-bond acceptors (Lipinski definition) is 1. The number of halogens is 2. The minimum Gasteiger partial charge on any atom is -0.192 e. The zero-order valence-electron chi connectivity index (χ0n) is 5.64. The Bertz CT molecular complexity index is 301. The Morgan fingerprint density at radius 3 is 2.73 bits per heavy atom. The summed E-state index contributed by atoms with van der Waals surface area (Å²) in [7, 11) is 0.